The molecule has 7 heteroatoms. The number of hydrogen-bond acceptors (Lipinski definition) is 4. The topological polar surface area (TPSA) is 81.8 Å². The van der Waals surface area contributed by atoms with Gasteiger partial charge in [-0.15, -0.1) is 0 Å². The van der Waals surface area contributed by atoms with Gasteiger partial charge in [-0.2, -0.15) is 0 Å². The third-order valence-corrected chi connectivity index (χ3v) is 5.58. The Morgan fingerprint density at radius 3 is 2.74 bits per heavy atom. The first-order chi connectivity index (χ1) is 12.8. The second kappa shape index (κ2) is 7.68. The number of carbonyl (C=O) groups is 3. The number of para-hydroxylation sites is 1. The summed E-state index contributed by atoms with van der Waals surface area (Å²) in [5.41, 5.74) is 0.841. The molecule has 2 aliphatic rings. The lowest BCUT2D eigenvalue weighted by atomic mass is 9.73. The number of nitrogens with one attached hydrogen (secondary N) is 2. The molecular formula is C20H28N4O3. The highest BCUT2D eigenvalue weighted by Crippen LogP contribution is 2.38. The number of hydrogen-bond donors (Lipinski definition) is 2. The number of anilines is 1. The predicted octanol–water partition coefficient (Wildman–Crippen LogP) is 2.19. The molecule has 1 spiro atoms. The van der Waals surface area contributed by atoms with Gasteiger partial charge in [0.15, 0.2) is 0 Å². The first kappa shape index (κ1) is 19.4. The van der Waals surface area contributed by atoms with Gasteiger partial charge in [-0.1, -0.05) is 38.0 Å². The first-order valence-corrected chi connectivity index (χ1v) is 9.50. The van der Waals surface area contributed by atoms with E-state index in [0.29, 0.717) is 18.7 Å². The minimum Gasteiger partial charge on any atom is -0.324 e. The van der Waals surface area contributed by atoms with Crippen molar-refractivity contribution in [3.63, 3.8) is 0 Å². The van der Waals surface area contributed by atoms with Crippen molar-refractivity contribution in [3.8, 4) is 0 Å². The van der Waals surface area contributed by atoms with E-state index in [4.69, 9.17) is 0 Å². The predicted molar refractivity (Wildman–Crippen MR) is 103 cm³/mol. The van der Waals surface area contributed by atoms with E-state index in [1.807, 2.05) is 50.2 Å². The third kappa shape index (κ3) is 3.83. The maximum Gasteiger partial charge on any atom is 0.325 e. The number of rotatable bonds is 5. The van der Waals surface area contributed by atoms with Gasteiger partial charge in [-0.25, -0.2) is 4.79 Å². The van der Waals surface area contributed by atoms with Gasteiger partial charge in [0.1, 0.15) is 12.1 Å². The lowest BCUT2D eigenvalue weighted by Gasteiger charge is -2.36. The van der Waals surface area contributed by atoms with E-state index in [0.717, 1.165) is 29.7 Å². The Kier molecular flexibility index (Phi) is 5.51. The zero-order valence-corrected chi connectivity index (χ0v) is 16.2. The van der Waals surface area contributed by atoms with Crippen LogP contribution in [0.2, 0.25) is 0 Å². The molecule has 1 aromatic rings. The molecule has 3 rings (SSSR count). The SMILES string of the molecule is CC1CCCCC12NC(=O)N(CC(=O)Nc1ccccc1CN(C)C)C2=O. The molecule has 2 atom stereocenters. The molecule has 0 aromatic heterocycles. The highest BCUT2D eigenvalue weighted by atomic mass is 16.2. The quantitative estimate of drug-likeness (QED) is 0.777. The zero-order chi connectivity index (χ0) is 19.6. The molecule has 1 saturated heterocycles. The largest absolute Gasteiger partial charge is 0.325 e. The minimum atomic E-state index is -0.835. The summed E-state index contributed by atoms with van der Waals surface area (Å²) in [6, 6.07) is 7.07. The van der Waals surface area contributed by atoms with E-state index in [-0.39, 0.29) is 24.3 Å². The molecule has 2 unspecified atom stereocenters. The van der Waals surface area contributed by atoms with Crippen LogP contribution in [0.5, 0.6) is 0 Å². The molecule has 0 radical (unpaired) electrons. The minimum absolute atomic E-state index is 0.0802. The summed E-state index contributed by atoms with van der Waals surface area (Å²) in [4.78, 5) is 41.0. The number of imide groups is 1. The highest BCUT2D eigenvalue weighted by molar-refractivity contribution is 6.10. The standard InChI is InChI=1S/C20H28N4O3/c1-14-8-6-7-11-20(14)18(26)24(19(27)22-20)13-17(25)21-16-10-5-4-9-15(16)12-23(2)3/h4-5,9-10,14H,6-8,11-13H2,1-3H3,(H,21,25)(H,22,27). The summed E-state index contributed by atoms with van der Waals surface area (Å²) in [5.74, 6) is -0.557. The molecule has 2 fully saturated rings. The van der Waals surface area contributed by atoms with Gasteiger partial charge in [0.25, 0.3) is 5.91 Å². The molecule has 146 valence electrons. The molecule has 4 amide bonds. The van der Waals surface area contributed by atoms with Crippen molar-refractivity contribution < 1.29 is 14.4 Å². The number of nitrogens with zero attached hydrogens (tertiary/aromatic N) is 2. The zero-order valence-electron chi connectivity index (χ0n) is 16.2. The molecule has 27 heavy (non-hydrogen) atoms. The Morgan fingerprint density at radius 1 is 1.30 bits per heavy atom. The molecule has 1 heterocycles. The summed E-state index contributed by atoms with van der Waals surface area (Å²) in [5, 5.41) is 5.72. The van der Waals surface area contributed by atoms with E-state index >= 15 is 0 Å². The molecule has 7 nitrogen and oxygen atoms in total. The lowest BCUT2D eigenvalue weighted by Crippen LogP contribution is -2.54. The number of urea groups is 1. The van der Waals surface area contributed by atoms with Crippen molar-refractivity contribution in [1.29, 1.82) is 0 Å². The monoisotopic (exact) mass is 372 g/mol. The number of benzene rings is 1. The van der Waals surface area contributed by atoms with E-state index < -0.39 is 11.6 Å². The Balaban J connectivity index is 1.70. The smallest absolute Gasteiger partial charge is 0.324 e. The molecule has 1 saturated carbocycles. The normalized spacial score (nSPS) is 25.2. The van der Waals surface area contributed by atoms with Gasteiger partial charge in [0, 0.05) is 12.2 Å². The summed E-state index contributed by atoms with van der Waals surface area (Å²) in [6.07, 6.45) is 3.52. The van der Waals surface area contributed by atoms with E-state index in [1.54, 1.807) is 0 Å². The first-order valence-electron chi connectivity index (χ1n) is 9.50. The second-order valence-electron chi connectivity index (χ2n) is 7.88. The molecular weight excluding hydrogens is 344 g/mol. The average Bonchev–Trinajstić information content (AvgIpc) is 2.84. The van der Waals surface area contributed by atoms with Gasteiger partial charge < -0.3 is 15.5 Å². The van der Waals surface area contributed by atoms with Crippen LogP contribution in [0.25, 0.3) is 0 Å². The van der Waals surface area contributed by atoms with Crippen LogP contribution in [0.3, 0.4) is 0 Å². The second-order valence-corrected chi connectivity index (χ2v) is 7.88. The van der Waals surface area contributed by atoms with Crippen LogP contribution >= 0.6 is 0 Å². The third-order valence-electron chi connectivity index (χ3n) is 5.58. The molecule has 2 N–H and O–H groups in total. The Bertz CT molecular complexity index is 748. The maximum atomic E-state index is 13.0. The van der Waals surface area contributed by atoms with Crippen LogP contribution in [-0.2, 0) is 16.1 Å². The van der Waals surface area contributed by atoms with Crippen molar-refractivity contribution in [3.05, 3.63) is 29.8 Å². The Morgan fingerprint density at radius 2 is 2.04 bits per heavy atom. The molecule has 1 aliphatic heterocycles. The van der Waals surface area contributed by atoms with E-state index in [2.05, 4.69) is 10.6 Å². The van der Waals surface area contributed by atoms with Crippen LogP contribution < -0.4 is 10.6 Å². The van der Waals surface area contributed by atoms with Crippen LogP contribution in [0.1, 0.15) is 38.2 Å². The van der Waals surface area contributed by atoms with Gasteiger partial charge in [-0.05, 0) is 44.5 Å². The summed E-state index contributed by atoms with van der Waals surface area (Å²) >= 11 is 0. The number of amides is 4. The van der Waals surface area contributed by atoms with Gasteiger partial charge >= 0.3 is 6.03 Å². The molecule has 1 aliphatic carbocycles. The number of carbonyl (C=O) groups excluding carboxylic acids is 3. The van der Waals surface area contributed by atoms with E-state index in [1.165, 1.54) is 0 Å². The van der Waals surface area contributed by atoms with Crippen LogP contribution in [0.4, 0.5) is 10.5 Å². The van der Waals surface area contributed by atoms with Crippen molar-refractivity contribution >= 4 is 23.5 Å². The fourth-order valence-electron chi connectivity index (χ4n) is 4.09. The van der Waals surface area contributed by atoms with Crippen molar-refractivity contribution in [2.45, 2.75) is 44.7 Å². The van der Waals surface area contributed by atoms with E-state index in [9.17, 15) is 14.4 Å². The van der Waals surface area contributed by atoms with Gasteiger partial charge in [-0.3, -0.25) is 14.5 Å². The van der Waals surface area contributed by atoms with Crippen molar-refractivity contribution in [1.82, 2.24) is 15.1 Å². The Labute approximate surface area is 160 Å². The van der Waals surface area contributed by atoms with Crippen LogP contribution in [0.15, 0.2) is 24.3 Å². The maximum absolute atomic E-state index is 13.0. The summed E-state index contributed by atoms with van der Waals surface area (Å²) in [7, 11) is 3.91. The van der Waals surface area contributed by atoms with Crippen molar-refractivity contribution in [2.75, 3.05) is 26.0 Å². The summed E-state index contributed by atoms with van der Waals surface area (Å²) < 4.78 is 0. The van der Waals surface area contributed by atoms with Gasteiger partial charge in [0.2, 0.25) is 5.91 Å². The lowest BCUT2D eigenvalue weighted by molar-refractivity contribution is -0.136. The molecule has 1 aromatic carbocycles. The fraction of sp³-hybridized carbons (Fsp3) is 0.550. The summed E-state index contributed by atoms with van der Waals surface area (Å²) in [6.45, 7) is 2.41. The fourth-order valence-corrected chi connectivity index (χ4v) is 4.09. The molecule has 0 bridgehead atoms. The van der Waals surface area contributed by atoms with Crippen LogP contribution in [-0.4, -0.2) is 53.8 Å². The van der Waals surface area contributed by atoms with Crippen LogP contribution in [0, 0.1) is 5.92 Å². The van der Waals surface area contributed by atoms with Crippen molar-refractivity contribution in [2.24, 2.45) is 5.92 Å². The van der Waals surface area contributed by atoms with Gasteiger partial charge in [0.05, 0.1) is 0 Å². The average molecular weight is 372 g/mol. The highest BCUT2D eigenvalue weighted by Gasteiger charge is 2.55. The Hall–Kier alpha value is -2.41.